The molecule has 1 aliphatic heterocycles. The van der Waals surface area contributed by atoms with Crippen LogP contribution in [0.1, 0.15) is 25.6 Å². The van der Waals surface area contributed by atoms with Crippen molar-refractivity contribution in [2.24, 2.45) is 5.92 Å². The van der Waals surface area contributed by atoms with Crippen molar-refractivity contribution in [1.29, 1.82) is 0 Å². The second kappa shape index (κ2) is 5.68. The van der Waals surface area contributed by atoms with Crippen LogP contribution >= 0.6 is 0 Å². The summed E-state index contributed by atoms with van der Waals surface area (Å²) < 4.78 is 0. The van der Waals surface area contributed by atoms with Crippen LogP contribution in [0.3, 0.4) is 0 Å². The number of nitrogens with zero attached hydrogens (tertiary/aromatic N) is 3. The molecule has 0 radical (unpaired) electrons. The van der Waals surface area contributed by atoms with Crippen molar-refractivity contribution in [2.75, 3.05) is 6.54 Å². The Hall–Kier alpha value is -2.12. The molecule has 8 nitrogen and oxygen atoms in total. The predicted molar refractivity (Wildman–Crippen MR) is 65.1 cm³/mol. The van der Waals surface area contributed by atoms with Gasteiger partial charge in [0.2, 0.25) is 0 Å². The minimum Gasteiger partial charge on any atom is -0.481 e. The van der Waals surface area contributed by atoms with E-state index in [9.17, 15) is 9.59 Å². The first-order chi connectivity index (χ1) is 9.08. The second-order valence-corrected chi connectivity index (χ2v) is 4.69. The van der Waals surface area contributed by atoms with Crippen molar-refractivity contribution in [1.82, 2.24) is 25.4 Å². The van der Waals surface area contributed by atoms with E-state index in [0.717, 1.165) is 0 Å². The van der Waals surface area contributed by atoms with E-state index in [4.69, 9.17) is 5.11 Å². The van der Waals surface area contributed by atoms with Crippen LogP contribution in [0.5, 0.6) is 0 Å². The molecule has 2 amide bonds. The Bertz CT molecular complexity index is 447. The number of hydrogen-bond acceptors (Lipinski definition) is 4. The number of aromatic nitrogens is 3. The van der Waals surface area contributed by atoms with Crippen LogP contribution in [0.2, 0.25) is 0 Å². The summed E-state index contributed by atoms with van der Waals surface area (Å²) in [5.41, 5.74) is 0. The minimum atomic E-state index is -0.784. The molecule has 19 heavy (non-hydrogen) atoms. The van der Waals surface area contributed by atoms with Gasteiger partial charge in [-0.25, -0.2) is 9.78 Å². The van der Waals surface area contributed by atoms with Gasteiger partial charge in [0.15, 0.2) is 0 Å². The van der Waals surface area contributed by atoms with E-state index in [1.165, 1.54) is 6.33 Å². The maximum Gasteiger partial charge on any atom is 0.318 e. The van der Waals surface area contributed by atoms with Crippen LogP contribution in [-0.2, 0) is 11.3 Å². The molecule has 1 aromatic rings. The highest BCUT2D eigenvalue weighted by Crippen LogP contribution is 2.22. The quantitative estimate of drug-likeness (QED) is 0.724. The third-order valence-electron chi connectivity index (χ3n) is 3.36. The number of rotatable bonds is 3. The summed E-state index contributed by atoms with van der Waals surface area (Å²) in [4.78, 5) is 28.5. The van der Waals surface area contributed by atoms with Crippen LogP contribution in [0.25, 0.3) is 0 Å². The van der Waals surface area contributed by atoms with Gasteiger partial charge in [-0.05, 0) is 19.8 Å². The average molecular weight is 267 g/mol. The maximum absolute atomic E-state index is 12.0. The summed E-state index contributed by atoms with van der Waals surface area (Å²) >= 11 is 0. The van der Waals surface area contributed by atoms with Gasteiger partial charge in [0.25, 0.3) is 0 Å². The molecular formula is C11H17N5O3. The topological polar surface area (TPSA) is 111 Å². The number of carbonyl (C=O) groups excluding carboxylic acids is 1. The lowest BCUT2D eigenvalue weighted by Crippen LogP contribution is -2.50. The zero-order valence-electron chi connectivity index (χ0n) is 10.7. The molecule has 0 aliphatic carbocycles. The predicted octanol–water partition coefficient (Wildman–Crippen LogP) is 0.199. The summed E-state index contributed by atoms with van der Waals surface area (Å²) in [5.74, 6) is -0.552. The van der Waals surface area contributed by atoms with E-state index in [2.05, 4.69) is 20.5 Å². The number of amides is 2. The highest BCUT2D eigenvalue weighted by atomic mass is 16.4. The Kier molecular flexibility index (Phi) is 3.98. The minimum absolute atomic E-state index is 0.0791. The lowest BCUT2D eigenvalue weighted by molar-refractivity contribution is -0.143. The number of nitrogens with one attached hydrogen (secondary N) is 2. The van der Waals surface area contributed by atoms with E-state index >= 15 is 0 Å². The lowest BCUT2D eigenvalue weighted by atomic mass is 9.92. The first-order valence-corrected chi connectivity index (χ1v) is 6.19. The Morgan fingerprint density at radius 1 is 1.63 bits per heavy atom. The number of aliphatic carboxylic acids is 1. The molecule has 0 bridgehead atoms. The van der Waals surface area contributed by atoms with E-state index < -0.39 is 5.97 Å². The number of likely N-dealkylation sites (tertiary alicyclic amines) is 1. The standard InChI is InChI=1S/C11H17N5O3/c1-7-4-8(10(17)18)2-3-16(7)11(19)12-5-9-13-6-14-15-9/h6-8H,2-5H2,1H3,(H,12,19)(H,17,18)(H,13,14,15). The van der Waals surface area contributed by atoms with Gasteiger partial charge < -0.3 is 15.3 Å². The average Bonchev–Trinajstić information content (AvgIpc) is 2.88. The van der Waals surface area contributed by atoms with Gasteiger partial charge in [-0.15, -0.1) is 0 Å². The normalized spacial score (nSPS) is 23.1. The Morgan fingerprint density at radius 2 is 2.42 bits per heavy atom. The fourth-order valence-corrected chi connectivity index (χ4v) is 2.28. The summed E-state index contributed by atoms with van der Waals surface area (Å²) in [6.07, 6.45) is 2.36. The third-order valence-corrected chi connectivity index (χ3v) is 3.36. The number of carboxylic acids is 1. The van der Waals surface area contributed by atoms with Crippen LogP contribution < -0.4 is 5.32 Å². The van der Waals surface area contributed by atoms with Crippen molar-refractivity contribution in [3.8, 4) is 0 Å². The molecule has 2 rings (SSSR count). The van der Waals surface area contributed by atoms with Gasteiger partial charge in [0, 0.05) is 12.6 Å². The van der Waals surface area contributed by atoms with Gasteiger partial charge in [0.1, 0.15) is 12.2 Å². The van der Waals surface area contributed by atoms with Gasteiger partial charge in [-0.3, -0.25) is 9.89 Å². The van der Waals surface area contributed by atoms with E-state index in [0.29, 0.717) is 25.2 Å². The van der Waals surface area contributed by atoms with E-state index in [1.807, 2.05) is 6.92 Å². The largest absolute Gasteiger partial charge is 0.481 e. The number of hydrogen-bond donors (Lipinski definition) is 3. The van der Waals surface area contributed by atoms with Crippen LogP contribution in [0.4, 0.5) is 4.79 Å². The Labute approximate surface area is 110 Å². The Morgan fingerprint density at radius 3 is 3.00 bits per heavy atom. The first kappa shape index (κ1) is 13.3. The molecule has 0 saturated carbocycles. The van der Waals surface area contributed by atoms with Crippen LogP contribution in [0.15, 0.2) is 6.33 Å². The number of urea groups is 1. The van der Waals surface area contributed by atoms with Crippen LogP contribution in [0, 0.1) is 5.92 Å². The summed E-state index contributed by atoms with van der Waals surface area (Å²) in [7, 11) is 0. The summed E-state index contributed by atoms with van der Waals surface area (Å²) in [6.45, 7) is 2.61. The van der Waals surface area contributed by atoms with Gasteiger partial charge >= 0.3 is 12.0 Å². The molecular weight excluding hydrogens is 250 g/mol. The summed E-state index contributed by atoms with van der Waals surface area (Å²) in [6, 6.07) is -0.280. The molecule has 3 N–H and O–H groups in total. The second-order valence-electron chi connectivity index (χ2n) is 4.69. The molecule has 1 fully saturated rings. The molecule has 0 spiro atoms. The number of carboxylic acid groups (broad SMARTS) is 1. The number of carbonyl (C=O) groups is 2. The van der Waals surface area contributed by atoms with Crippen LogP contribution in [-0.4, -0.2) is 49.8 Å². The molecule has 0 aromatic carbocycles. The van der Waals surface area contributed by atoms with Gasteiger partial charge in [-0.1, -0.05) is 0 Å². The molecule has 1 saturated heterocycles. The molecule has 8 heteroatoms. The monoisotopic (exact) mass is 267 g/mol. The van der Waals surface area contributed by atoms with E-state index in [-0.39, 0.29) is 24.5 Å². The van der Waals surface area contributed by atoms with Gasteiger partial charge in [-0.2, -0.15) is 5.10 Å². The van der Waals surface area contributed by atoms with Crippen molar-refractivity contribution in [3.05, 3.63) is 12.2 Å². The maximum atomic E-state index is 12.0. The molecule has 2 heterocycles. The zero-order chi connectivity index (χ0) is 13.8. The highest BCUT2D eigenvalue weighted by molar-refractivity contribution is 5.75. The molecule has 1 aromatic heterocycles. The van der Waals surface area contributed by atoms with Crippen molar-refractivity contribution in [3.63, 3.8) is 0 Å². The first-order valence-electron chi connectivity index (χ1n) is 6.19. The molecule has 1 aliphatic rings. The number of piperidine rings is 1. The zero-order valence-corrected chi connectivity index (χ0v) is 10.7. The van der Waals surface area contributed by atoms with Gasteiger partial charge in [0.05, 0.1) is 12.5 Å². The summed E-state index contributed by atoms with van der Waals surface area (Å²) in [5, 5.41) is 18.1. The fourth-order valence-electron chi connectivity index (χ4n) is 2.28. The number of H-pyrrole nitrogens is 1. The third kappa shape index (κ3) is 3.21. The SMILES string of the molecule is CC1CC(C(=O)O)CCN1C(=O)NCc1ncn[nH]1. The van der Waals surface area contributed by atoms with E-state index in [1.54, 1.807) is 4.90 Å². The fraction of sp³-hybridized carbons (Fsp3) is 0.636. The number of aromatic amines is 1. The smallest absolute Gasteiger partial charge is 0.318 e. The molecule has 2 atom stereocenters. The highest BCUT2D eigenvalue weighted by Gasteiger charge is 2.32. The van der Waals surface area contributed by atoms with Crippen molar-refractivity contribution >= 4 is 12.0 Å². The molecule has 2 unspecified atom stereocenters. The van der Waals surface area contributed by atoms with Crippen molar-refractivity contribution in [2.45, 2.75) is 32.4 Å². The van der Waals surface area contributed by atoms with Crippen molar-refractivity contribution < 1.29 is 14.7 Å². The Balaban J connectivity index is 1.84. The molecule has 104 valence electrons. The lowest BCUT2D eigenvalue weighted by Gasteiger charge is -2.36.